The van der Waals surface area contributed by atoms with E-state index in [1.165, 1.54) is 17.9 Å². The molecule has 1 N–H and O–H groups in total. The Morgan fingerprint density at radius 2 is 1.95 bits per heavy atom. The zero-order valence-electron chi connectivity index (χ0n) is 11.9. The van der Waals surface area contributed by atoms with Gasteiger partial charge >= 0.3 is 0 Å². The first-order valence-corrected chi connectivity index (χ1v) is 8.39. The van der Waals surface area contributed by atoms with E-state index in [4.69, 9.17) is 0 Å². The Kier molecular flexibility index (Phi) is 3.08. The molecule has 21 heavy (non-hydrogen) atoms. The van der Waals surface area contributed by atoms with Gasteiger partial charge in [-0.15, -0.1) is 11.3 Å². The molecule has 2 aromatic rings. The Morgan fingerprint density at radius 3 is 2.71 bits per heavy atom. The van der Waals surface area contributed by atoms with Gasteiger partial charge in [-0.25, -0.2) is 9.48 Å². The zero-order chi connectivity index (χ0) is 14.3. The van der Waals surface area contributed by atoms with Crippen molar-refractivity contribution in [3.8, 4) is 0 Å². The van der Waals surface area contributed by atoms with E-state index in [0.717, 1.165) is 24.3 Å². The molecule has 1 aromatic carbocycles. The molecule has 3 heterocycles. The Labute approximate surface area is 128 Å². The van der Waals surface area contributed by atoms with Crippen LogP contribution in [0.3, 0.4) is 0 Å². The van der Waals surface area contributed by atoms with Gasteiger partial charge in [-0.3, -0.25) is 0 Å². The van der Waals surface area contributed by atoms with E-state index in [-0.39, 0.29) is 0 Å². The summed E-state index contributed by atoms with van der Waals surface area (Å²) in [6.45, 7) is 1.56. The number of thiophene rings is 1. The number of hydrogen-bond donors (Lipinski definition) is 1. The van der Waals surface area contributed by atoms with Gasteiger partial charge in [-0.2, -0.15) is 0 Å². The monoisotopic (exact) mass is 299 g/mol. The van der Waals surface area contributed by atoms with Crippen LogP contribution in [0.1, 0.15) is 24.1 Å². The van der Waals surface area contributed by atoms with Gasteiger partial charge in [0.25, 0.3) is 11.6 Å². The van der Waals surface area contributed by atoms with E-state index < -0.39 is 5.72 Å². The Bertz CT molecular complexity index is 665. The third kappa shape index (κ3) is 2.01. The summed E-state index contributed by atoms with van der Waals surface area (Å²) in [5.74, 6) is 1.27. The summed E-state index contributed by atoms with van der Waals surface area (Å²) < 4.78 is 2.22. The molecule has 0 amide bonds. The standard InChI is InChI=1S/C17H19N2OS/c20-17(15-9-6-12-21-15)13-18(14-7-2-1-3-8-14)16-10-4-5-11-19(16)17/h1-3,6-9,12,20H,4-5,10-11,13H2/q+1/t17-/m0/s1. The predicted octanol–water partition coefficient (Wildman–Crippen LogP) is 3.01. The van der Waals surface area contributed by atoms with Crippen LogP contribution in [-0.2, 0) is 5.72 Å². The molecule has 0 unspecified atom stereocenters. The molecule has 3 nitrogen and oxygen atoms in total. The summed E-state index contributed by atoms with van der Waals surface area (Å²) >= 11 is 1.64. The van der Waals surface area contributed by atoms with E-state index >= 15 is 0 Å². The highest BCUT2D eigenvalue weighted by atomic mass is 32.1. The highest BCUT2D eigenvalue weighted by Gasteiger charge is 2.53. The van der Waals surface area contributed by atoms with Crippen LogP contribution < -0.4 is 4.90 Å². The molecule has 4 rings (SSSR count). The summed E-state index contributed by atoms with van der Waals surface area (Å²) in [5, 5.41) is 13.4. The van der Waals surface area contributed by atoms with Crippen molar-refractivity contribution in [2.24, 2.45) is 0 Å². The number of β-amino-alcohol motifs (C(OH)–C–C–N with tert-alkyl or cyclic N) is 1. The molecule has 0 bridgehead atoms. The second-order valence-corrected chi connectivity index (χ2v) is 6.69. The van der Waals surface area contributed by atoms with E-state index in [1.807, 2.05) is 23.6 Å². The van der Waals surface area contributed by atoms with Gasteiger partial charge in [0.1, 0.15) is 5.69 Å². The number of hydrogen-bond acceptors (Lipinski definition) is 3. The molecule has 1 aromatic heterocycles. The first-order valence-electron chi connectivity index (χ1n) is 7.51. The molecule has 0 radical (unpaired) electrons. The number of aliphatic hydroxyl groups is 1. The largest absolute Gasteiger partial charge is 0.346 e. The van der Waals surface area contributed by atoms with Gasteiger partial charge in [-0.05, 0) is 36.4 Å². The van der Waals surface area contributed by atoms with Gasteiger partial charge in [0.2, 0.25) is 0 Å². The molecule has 2 aliphatic rings. The zero-order valence-corrected chi connectivity index (χ0v) is 12.7. The van der Waals surface area contributed by atoms with Crippen LogP contribution in [0.2, 0.25) is 0 Å². The van der Waals surface area contributed by atoms with Crippen molar-refractivity contribution in [3.05, 3.63) is 52.7 Å². The molecule has 1 atom stereocenters. The van der Waals surface area contributed by atoms with Gasteiger partial charge in [0, 0.05) is 6.42 Å². The van der Waals surface area contributed by atoms with Crippen molar-refractivity contribution in [1.29, 1.82) is 0 Å². The maximum Gasteiger partial charge on any atom is 0.280 e. The predicted molar refractivity (Wildman–Crippen MR) is 86.0 cm³/mol. The normalized spacial score (nSPS) is 25.3. The summed E-state index contributed by atoms with van der Waals surface area (Å²) in [4.78, 5) is 3.33. The van der Waals surface area contributed by atoms with E-state index in [9.17, 15) is 5.11 Å². The van der Waals surface area contributed by atoms with Crippen molar-refractivity contribution in [2.45, 2.75) is 25.0 Å². The van der Waals surface area contributed by atoms with Gasteiger partial charge in [0.15, 0.2) is 6.54 Å². The molecular formula is C17H19N2OS+. The fourth-order valence-electron chi connectivity index (χ4n) is 3.46. The van der Waals surface area contributed by atoms with Crippen molar-refractivity contribution in [1.82, 2.24) is 0 Å². The molecule has 0 saturated heterocycles. The average Bonchev–Trinajstić information content (AvgIpc) is 3.17. The number of rotatable bonds is 2. The molecule has 108 valence electrons. The van der Waals surface area contributed by atoms with E-state index in [1.54, 1.807) is 11.3 Å². The maximum absolute atomic E-state index is 11.4. The Balaban J connectivity index is 1.81. The summed E-state index contributed by atoms with van der Waals surface area (Å²) in [6.07, 6.45) is 3.40. The highest BCUT2D eigenvalue weighted by Crippen LogP contribution is 2.37. The van der Waals surface area contributed by atoms with E-state index in [2.05, 4.69) is 33.7 Å². The van der Waals surface area contributed by atoms with Crippen LogP contribution in [0.5, 0.6) is 0 Å². The highest BCUT2D eigenvalue weighted by molar-refractivity contribution is 7.10. The molecule has 0 saturated carbocycles. The van der Waals surface area contributed by atoms with Crippen LogP contribution in [0, 0.1) is 0 Å². The molecule has 0 spiro atoms. The quantitative estimate of drug-likeness (QED) is 0.863. The number of para-hydroxylation sites is 1. The van der Waals surface area contributed by atoms with E-state index in [0.29, 0.717) is 6.54 Å². The van der Waals surface area contributed by atoms with Gasteiger partial charge in [0.05, 0.1) is 11.4 Å². The van der Waals surface area contributed by atoms with Crippen molar-refractivity contribution >= 4 is 22.9 Å². The van der Waals surface area contributed by atoms with Crippen molar-refractivity contribution in [2.75, 3.05) is 18.0 Å². The fraction of sp³-hybridized carbons (Fsp3) is 0.353. The van der Waals surface area contributed by atoms with Crippen LogP contribution in [0.4, 0.5) is 5.69 Å². The van der Waals surface area contributed by atoms with Crippen LogP contribution in [-0.4, -0.2) is 28.6 Å². The lowest BCUT2D eigenvalue weighted by atomic mass is 10.1. The van der Waals surface area contributed by atoms with Crippen LogP contribution in [0.25, 0.3) is 0 Å². The molecule has 2 aliphatic heterocycles. The first kappa shape index (κ1) is 13.0. The molecule has 4 heteroatoms. The molecular weight excluding hydrogens is 280 g/mol. The lowest BCUT2D eigenvalue weighted by Crippen LogP contribution is -2.40. The fourth-order valence-corrected chi connectivity index (χ4v) is 4.28. The topological polar surface area (TPSA) is 26.5 Å². The second kappa shape index (κ2) is 4.97. The maximum atomic E-state index is 11.4. The minimum Gasteiger partial charge on any atom is -0.346 e. The van der Waals surface area contributed by atoms with Gasteiger partial charge < -0.3 is 5.11 Å². The van der Waals surface area contributed by atoms with Gasteiger partial charge in [-0.1, -0.05) is 24.3 Å². The summed E-state index contributed by atoms with van der Waals surface area (Å²) in [6, 6.07) is 14.5. The smallest absolute Gasteiger partial charge is 0.280 e. The SMILES string of the molecule is O[C@]1(c2cccs2)CN(c2ccccc2)C2=[N+]1CCCC2. The second-order valence-electron chi connectivity index (χ2n) is 5.74. The first-order chi connectivity index (χ1) is 10.3. The Hall–Kier alpha value is -1.65. The van der Waals surface area contributed by atoms with Crippen LogP contribution >= 0.6 is 11.3 Å². The minimum atomic E-state index is -0.875. The number of anilines is 1. The van der Waals surface area contributed by atoms with Crippen molar-refractivity contribution in [3.63, 3.8) is 0 Å². The molecule has 0 aliphatic carbocycles. The lowest BCUT2D eigenvalue weighted by molar-refractivity contribution is -0.660. The number of nitrogens with zero attached hydrogens (tertiary/aromatic N) is 2. The minimum absolute atomic E-state index is 0.618. The number of amidine groups is 1. The molecule has 0 fully saturated rings. The van der Waals surface area contributed by atoms with Crippen molar-refractivity contribution < 1.29 is 9.68 Å². The lowest BCUT2D eigenvalue weighted by Gasteiger charge is -2.22. The third-order valence-corrected chi connectivity index (χ3v) is 5.47. The summed E-state index contributed by atoms with van der Waals surface area (Å²) in [7, 11) is 0. The average molecular weight is 299 g/mol. The summed E-state index contributed by atoms with van der Waals surface area (Å²) in [5.41, 5.74) is 0.298. The third-order valence-electron chi connectivity index (χ3n) is 4.46. The Morgan fingerprint density at radius 1 is 1.10 bits per heavy atom. The number of benzene rings is 1. The van der Waals surface area contributed by atoms with Crippen LogP contribution in [0.15, 0.2) is 47.8 Å².